The molecule has 7 nitrogen and oxygen atoms in total. The Balaban J connectivity index is 1.37. The second-order valence-corrected chi connectivity index (χ2v) is 7.46. The summed E-state index contributed by atoms with van der Waals surface area (Å²) in [5.74, 6) is 1.75. The molecule has 1 aliphatic heterocycles. The Bertz CT molecular complexity index is 803. The number of nitrogens with one attached hydrogen (secondary N) is 2. The predicted molar refractivity (Wildman–Crippen MR) is 97.3 cm³/mol. The van der Waals surface area contributed by atoms with Gasteiger partial charge in [0.15, 0.2) is 0 Å². The molecular formula is C19H25N5O2. The van der Waals surface area contributed by atoms with Crippen molar-refractivity contribution in [1.82, 2.24) is 24.9 Å². The number of nitrogens with zero attached hydrogens (tertiary/aromatic N) is 3. The first-order valence-electron chi connectivity index (χ1n) is 9.27. The summed E-state index contributed by atoms with van der Waals surface area (Å²) in [6.45, 7) is 4.27. The minimum Gasteiger partial charge on any atom is -0.351 e. The number of aromatic nitrogens is 2. The van der Waals surface area contributed by atoms with E-state index in [9.17, 15) is 9.59 Å². The SMILES string of the molecule is CC(=O)NCC(=O)NC1[C@@H]2CC[C@H]1CN(Cc1ncc3ccccn13)C2. The van der Waals surface area contributed by atoms with Crippen LogP contribution in [0.3, 0.4) is 0 Å². The van der Waals surface area contributed by atoms with E-state index in [2.05, 4.69) is 37.2 Å². The van der Waals surface area contributed by atoms with Crippen LogP contribution in [0, 0.1) is 11.8 Å². The van der Waals surface area contributed by atoms with Crippen molar-refractivity contribution in [3.05, 3.63) is 36.4 Å². The molecule has 138 valence electrons. The summed E-state index contributed by atoms with van der Waals surface area (Å²) in [7, 11) is 0. The van der Waals surface area contributed by atoms with Gasteiger partial charge in [0.05, 0.1) is 24.8 Å². The highest BCUT2D eigenvalue weighted by Gasteiger charge is 2.42. The highest BCUT2D eigenvalue weighted by Crippen LogP contribution is 2.37. The van der Waals surface area contributed by atoms with E-state index in [1.54, 1.807) is 0 Å². The minimum absolute atomic E-state index is 0.0645. The number of hydrogen-bond acceptors (Lipinski definition) is 4. The van der Waals surface area contributed by atoms with Crippen molar-refractivity contribution in [1.29, 1.82) is 0 Å². The van der Waals surface area contributed by atoms with Gasteiger partial charge in [-0.25, -0.2) is 4.98 Å². The van der Waals surface area contributed by atoms with Crippen molar-refractivity contribution in [2.75, 3.05) is 19.6 Å². The lowest BCUT2D eigenvalue weighted by Crippen LogP contribution is -2.53. The first-order chi connectivity index (χ1) is 12.6. The van der Waals surface area contributed by atoms with Crippen LogP contribution in [0.5, 0.6) is 0 Å². The molecule has 2 amide bonds. The molecular weight excluding hydrogens is 330 g/mol. The normalized spacial score (nSPS) is 25.3. The molecule has 7 heteroatoms. The smallest absolute Gasteiger partial charge is 0.239 e. The number of hydrogen-bond donors (Lipinski definition) is 2. The maximum absolute atomic E-state index is 12.1. The third-order valence-electron chi connectivity index (χ3n) is 5.62. The van der Waals surface area contributed by atoms with Crippen molar-refractivity contribution in [3.63, 3.8) is 0 Å². The largest absolute Gasteiger partial charge is 0.351 e. The summed E-state index contributed by atoms with van der Waals surface area (Å²) >= 11 is 0. The van der Waals surface area contributed by atoms with Crippen LogP contribution in [0.25, 0.3) is 5.52 Å². The average Bonchev–Trinajstić information content (AvgIpc) is 3.11. The standard InChI is InChI=1S/C19H25N5O2/c1-13(25)20-9-18(26)22-19-14-5-6-15(19)11-23(10-14)12-17-21-8-16-4-2-3-7-24(16)17/h2-4,7-8,14-15,19H,5-6,9-12H2,1H3,(H,20,25)(H,22,26)/t14-,15+,19?. The molecule has 2 fully saturated rings. The fourth-order valence-electron chi connectivity index (χ4n) is 4.44. The maximum Gasteiger partial charge on any atom is 0.239 e. The van der Waals surface area contributed by atoms with Crippen molar-refractivity contribution in [2.24, 2.45) is 11.8 Å². The number of carbonyl (C=O) groups excluding carboxylic acids is 2. The summed E-state index contributed by atoms with van der Waals surface area (Å²) < 4.78 is 2.14. The van der Waals surface area contributed by atoms with Gasteiger partial charge in [0.2, 0.25) is 11.8 Å². The fourth-order valence-corrected chi connectivity index (χ4v) is 4.44. The van der Waals surface area contributed by atoms with Crippen LogP contribution in [0.15, 0.2) is 30.6 Å². The van der Waals surface area contributed by atoms with Crippen LogP contribution in [-0.4, -0.2) is 51.8 Å². The third-order valence-corrected chi connectivity index (χ3v) is 5.62. The molecule has 1 unspecified atom stereocenters. The van der Waals surface area contributed by atoms with E-state index < -0.39 is 0 Å². The van der Waals surface area contributed by atoms with Crippen molar-refractivity contribution in [2.45, 2.75) is 32.4 Å². The zero-order valence-corrected chi connectivity index (χ0v) is 15.0. The van der Waals surface area contributed by atoms with E-state index in [4.69, 9.17) is 0 Å². The van der Waals surface area contributed by atoms with Crippen LogP contribution in [0.4, 0.5) is 0 Å². The summed E-state index contributed by atoms with van der Waals surface area (Å²) in [6, 6.07) is 6.34. The molecule has 3 atom stereocenters. The lowest BCUT2D eigenvalue weighted by Gasteiger charge is -2.38. The predicted octanol–water partition coefficient (Wildman–Crippen LogP) is 0.797. The third kappa shape index (κ3) is 3.44. The molecule has 0 radical (unpaired) electrons. The number of carbonyl (C=O) groups is 2. The van der Waals surface area contributed by atoms with Crippen molar-refractivity contribution >= 4 is 17.3 Å². The molecule has 26 heavy (non-hydrogen) atoms. The van der Waals surface area contributed by atoms with Crippen LogP contribution in [0.2, 0.25) is 0 Å². The molecule has 0 spiro atoms. The van der Waals surface area contributed by atoms with Crippen LogP contribution >= 0.6 is 0 Å². The van der Waals surface area contributed by atoms with Crippen molar-refractivity contribution < 1.29 is 9.59 Å². The van der Waals surface area contributed by atoms with Gasteiger partial charge >= 0.3 is 0 Å². The average molecular weight is 355 g/mol. The Morgan fingerprint density at radius 1 is 1.23 bits per heavy atom. The lowest BCUT2D eigenvalue weighted by atomic mass is 9.92. The number of imidazole rings is 1. The Morgan fingerprint density at radius 2 is 2.00 bits per heavy atom. The molecule has 2 bridgehead atoms. The van der Waals surface area contributed by atoms with Crippen LogP contribution in [0.1, 0.15) is 25.6 Å². The number of rotatable bonds is 5. The van der Waals surface area contributed by atoms with Gasteiger partial charge in [0.1, 0.15) is 5.82 Å². The monoisotopic (exact) mass is 355 g/mol. The van der Waals surface area contributed by atoms with Gasteiger partial charge < -0.3 is 15.0 Å². The number of fused-ring (bicyclic) bond motifs is 3. The fraction of sp³-hybridized carbons (Fsp3) is 0.526. The molecule has 1 saturated carbocycles. The molecule has 3 heterocycles. The second kappa shape index (κ2) is 7.07. The first-order valence-corrected chi connectivity index (χ1v) is 9.27. The van der Waals surface area contributed by atoms with Gasteiger partial charge in [-0.1, -0.05) is 6.07 Å². The topological polar surface area (TPSA) is 78.7 Å². The van der Waals surface area contributed by atoms with Gasteiger partial charge in [0, 0.05) is 32.3 Å². The van der Waals surface area contributed by atoms with Crippen LogP contribution in [-0.2, 0) is 16.1 Å². The highest BCUT2D eigenvalue weighted by molar-refractivity contribution is 5.83. The molecule has 2 aromatic heterocycles. The summed E-state index contributed by atoms with van der Waals surface area (Å²) in [6.07, 6.45) is 6.27. The van der Waals surface area contributed by atoms with E-state index in [1.165, 1.54) is 6.92 Å². The summed E-state index contributed by atoms with van der Waals surface area (Å²) in [5.41, 5.74) is 1.12. The van der Waals surface area contributed by atoms with E-state index in [-0.39, 0.29) is 24.4 Å². The summed E-state index contributed by atoms with van der Waals surface area (Å²) in [4.78, 5) is 30.1. The second-order valence-electron chi connectivity index (χ2n) is 7.46. The zero-order valence-electron chi connectivity index (χ0n) is 15.0. The van der Waals surface area contributed by atoms with E-state index in [0.717, 1.165) is 43.8 Å². The minimum atomic E-state index is -0.176. The number of piperidine rings is 1. The van der Waals surface area contributed by atoms with Crippen LogP contribution < -0.4 is 10.6 Å². The molecule has 1 saturated heterocycles. The molecule has 2 N–H and O–H groups in total. The molecule has 0 aromatic carbocycles. The van der Waals surface area contributed by atoms with Crippen molar-refractivity contribution in [3.8, 4) is 0 Å². The molecule has 2 aliphatic rings. The molecule has 4 rings (SSSR count). The lowest BCUT2D eigenvalue weighted by molar-refractivity contribution is -0.126. The van der Waals surface area contributed by atoms with Gasteiger partial charge in [-0.05, 0) is 36.8 Å². The maximum atomic E-state index is 12.1. The summed E-state index contributed by atoms with van der Waals surface area (Å²) in [5, 5.41) is 5.71. The first kappa shape index (κ1) is 17.0. The van der Waals surface area contributed by atoms with E-state index >= 15 is 0 Å². The Labute approximate surface area is 152 Å². The Morgan fingerprint density at radius 3 is 2.73 bits per heavy atom. The molecule has 1 aliphatic carbocycles. The number of pyridine rings is 1. The molecule has 2 aromatic rings. The number of amides is 2. The van der Waals surface area contributed by atoms with Gasteiger partial charge in [0.25, 0.3) is 0 Å². The van der Waals surface area contributed by atoms with E-state index in [0.29, 0.717) is 11.8 Å². The quantitative estimate of drug-likeness (QED) is 0.831. The van der Waals surface area contributed by atoms with E-state index in [1.807, 2.05) is 18.3 Å². The van der Waals surface area contributed by atoms with Gasteiger partial charge in [-0.3, -0.25) is 14.5 Å². The Kier molecular flexibility index (Phi) is 4.63. The number of likely N-dealkylation sites (tertiary alicyclic amines) is 1. The zero-order chi connectivity index (χ0) is 18.1. The Hall–Kier alpha value is -2.41. The van der Waals surface area contributed by atoms with Gasteiger partial charge in [-0.15, -0.1) is 0 Å². The van der Waals surface area contributed by atoms with Gasteiger partial charge in [-0.2, -0.15) is 0 Å². The highest BCUT2D eigenvalue weighted by atomic mass is 16.2.